The van der Waals surface area contributed by atoms with Gasteiger partial charge in [0.2, 0.25) is 10.0 Å². The zero-order valence-electron chi connectivity index (χ0n) is 13.7. The summed E-state index contributed by atoms with van der Waals surface area (Å²) in [6.07, 6.45) is 5.36. The molecule has 1 aliphatic heterocycles. The summed E-state index contributed by atoms with van der Waals surface area (Å²) in [5, 5.41) is 3.63. The van der Waals surface area contributed by atoms with Crippen molar-refractivity contribution in [1.82, 2.24) is 14.8 Å². The smallest absolute Gasteiger partial charge is 0.245 e. The largest absolute Gasteiger partial charge is 0.363 e. The number of aryl methyl sites for hydroxylation is 1. The summed E-state index contributed by atoms with van der Waals surface area (Å²) in [6.45, 7) is 9.14. The van der Waals surface area contributed by atoms with Crippen molar-refractivity contribution in [3.63, 3.8) is 0 Å². The number of nitrogens with one attached hydrogen (secondary N) is 1. The van der Waals surface area contributed by atoms with Crippen molar-refractivity contribution in [1.29, 1.82) is 0 Å². The molecule has 1 saturated heterocycles. The Balaban J connectivity index is 1.79. The fourth-order valence-corrected chi connectivity index (χ4v) is 4.22. The highest BCUT2D eigenvalue weighted by molar-refractivity contribution is 7.89. The average Bonchev–Trinajstić information content (AvgIpc) is 2.87. The number of aromatic nitrogens is 1. The van der Waals surface area contributed by atoms with Gasteiger partial charge in [-0.2, -0.15) is 0 Å². The van der Waals surface area contributed by atoms with E-state index in [1.165, 1.54) is 19.1 Å². The molecule has 0 aliphatic carbocycles. The maximum Gasteiger partial charge on any atom is 0.245 e. The van der Waals surface area contributed by atoms with E-state index in [-0.39, 0.29) is 10.9 Å². The third-order valence-corrected chi connectivity index (χ3v) is 5.77. The minimum absolute atomic E-state index is 0.000601. The molecule has 0 bridgehead atoms. The Labute approximate surface area is 133 Å². The molecule has 0 radical (unpaired) electrons. The Morgan fingerprint density at radius 3 is 2.64 bits per heavy atom. The highest BCUT2D eigenvalue weighted by atomic mass is 32.2. The first kappa shape index (κ1) is 17.4. The second-order valence-electron chi connectivity index (χ2n) is 6.54. The van der Waals surface area contributed by atoms with E-state index in [9.17, 15) is 8.42 Å². The molecule has 0 amide bonds. The fraction of sp³-hybridized carbons (Fsp3) is 0.800. The van der Waals surface area contributed by atoms with Crippen LogP contribution < -0.4 is 4.72 Å². The molecule has 0 atom stereocenters. The number of rotatable bonds is 7. The predicted octanol–water partition coefficient (Wildman–Crippen LogP) is 2.16. The van der Waals surface area contributed by atoms with Crippen LogP contribution in [0.3, 0.4) is 0 Å². The number of nitrogens with zero attached hydrogens (tertiary/aromatic N) is 2. The van der Waals surface area contributed by atoms with E-state index >= 15 is 0 Å². The molecule has 0 aromatic carbocycles. The molecule has 6 nitrogen and oxygen atoms in total. The van der Waals surface area contributed by atoms with Crippen molar-refractivity contribution in [2.24, 2.45) is 5.92 Å². The lowest BCUT2D eigenvalue weighted by Gasteiger charge is -2.32. The number of hydrogen-bond acceptors (Lipinski definition) is 5. The van der Waals surface area contributed by atoms with Gasteiger partial charge in [0.25, 0.3) is 0 Å². The molecular weight excluding hydrogens is 302 g/mol. The number of hydrogen-bond donors (Lipinski definition) is 1. The van der Waals surface area contributed by atoms with Crippen LogP contribution in [0, 0.1) is 12.8 Å². The molecule has 126 valence electrons. The third kappa shape index (κ3) is 4.79. The Hall–Kier alpha value is -0.920. The van der Waals surface area contributed by atoms with Crippen LogP contribution >= 0.6 is 0 Å². The second kappa shape index (κ2) is 7.57. The minimum atomic E-state index is -3.52. The third-order valence-electron chi connectivity index (χ3n) is 4.16. The number of likely N-dealkylation sites (tertiary alicyclic amines) is 1. The highest BCUT2D eigenvalue weighted by Gasteiger charge is 2.26. The minimum Gasteiger partial charge on any atom is -0.363 e. The zero-order chi connectivity index (χ0) is 16.2. The van der Waals surface area contributed by atoms with Crippen molar-refractivity contribution in [2.75, 3.05) is 19.6 Å². The lowest BCUT2D eigenvalue weighted by atomic mass is 10.0. The Kier molecular flexibility index (Phi) is 6.00. The van der Waals surface area contributed by atoms with Crippen LogP contribution in [-0.2, 0) is 10.0 Å². The maximum atomic E-state index is 12.3. The van der Waals surface area contributed by atoms with E-state index in [2.05, 4.69) is 28.6 Å². The van der Waals surface area contributed by atoms with Gasteiger partial charge in [-0.3, -0.25) is 0 Å². The first-order valence-electron chi connectivity index (χ1n) is 8.04. The highest BCUT2D eigenvalue weighted by Crippen LogP contribution is 2.17. The summed E-state index contributed by atoms with van der Waals surface area (Å²) in [5.74, 6) is 0.746. The SMILES string of the molecule is Cc1nocc1S(=O)(=O)NC1CCN(CCCC(C)C)CC1. The molecule has 0 saturated carbocycles. The van der Waals surface area contributed by atoms with Crippen LogP contribution in [-0.4, -0.2) is 44.2 Å². The molecule has 22 heavy (non-hydrogen) atoms. The second-order valence-corrected chi connectivity index (χ2v) is 8.22. The van der Waals surface area contributed by atoms with Crippen LogP contribution in [0.15, 0.2) is 15.7 Å². The number of piperidine rings is 1. The molecule has 1 fully saturated rings. The van der Waals surface area contributed by atoms with Gasteiger partial charge in [-0.25, -0.2) is 13.1 Å². The summed E-state index contributed by atoms with van der Waals surface area (Å²) >= 11 is 0. The zero-order valence-corrected chi connectivity index (χ0v) is 14.5. The summed E-state index contributed by atoms with van der Waals surface area (Å²) in [4.78, 5) is 2.57. The molecule has 1 aliphatic rings. The van der Waals surface area contributed by atoms with Crippen LogP contribution in [0.4, 0.5) is 0 Å². The van der Waals surface area contributed by atoms with Gasteiger partial charge in [0.1, 0.15) is 16.9 Å². The van der Waals surface area contributed by atoms with Gasteiger partial charge >= 0.3 is 0 Å². The monoisotopic (exact) mass is 329 g/mol. The van der Waals surface area contributed by atoms with Gasteiger partial charge < -0.3 is 9.42 Å². The predicted molar refractivity (Wildman–Crippen MR) is 85.1 cm³/mol. The quantitative estimate of drug-likeness (QED) is 0.829. The maximum absolute atomic E-state index is 12.3. The fourth-order valence-electron chi connectivity index (χ4n) is 2.82. The van der Waals surface area contributed by atoms with E-state index < -0.39 is 10.0 Å². The summed E-state index contributed by atoms with van der Waals surface area (Å²) in [6, 6.07) is 0.000601. The van der Waals surface area contributed by atoms with E-state index in [1.807, 2.05) is 0 Å². The molecule has 0 unspecified atom stereocenters. The lowest BCUT2D eigenvalue weighted by Crippen LogP contribution is -2.44. The molecule has 1 N–H and O–H groups in total. The topological polar surface area (TPSA) is 75.4 Å². The van der Waals surface area contributed by atoms with Gasteiger partial charge in [-0.1, -0.05) is 19.0 Å². The van der Waals surface area contributed by atoms with Gasteiger partial charge in [0.15, 0.2) is 0 Å². The van der Waals surface area contributed by atoms with Crippen molar-refractivity contribution in [2.45, 2.75) is 57.4 Å². The molecule has 1 aromatic heterocycles. The van der Waals surface area contributed by atoms with Crippen LogP contribution in [0.5, 0.6) is 0 Å². The normalized spacial score (nSPS) is 18.2. The Bertz CT molecular complexity index is 560. The lowest BCUT2D eigenvalue weighted by molar-refractivity contribution is 0.201. The van der Waals surface area contributed by atoms with Crippen molar-refractivity contribution >= 4 is 10.0 Å². The van der Waals surface area contributed by atoms with E-state index in [0.29, 0.717) is 5.69 Å². The first-order chi connectivity index (χ1) is 10.4. The summed E-state index contributed by atoms with van der Waals surface area (Å²) < 4.78 is 32.1. The number of sulfonamides is 1. The van der Waals surface area contributed by atoms with E-state index in [0.717, 1.165) is 38.4 Å². The van der Waals surface area contributed by atoms with Gasteiger partial charge in [0.05, 0.1) is 0 Å². The summed E-state index contributed by atoms with van der Waals surface area (Å²) in [5.41, 5.74) is 0.402. The molecule has 2 heterocycles. The Morgan fingerprint density at radius 2 is 2.09 bits per heavy atom. The molecule has 1 aromatic rings. The van der Waals surface area contributed by atoms with Crippen molar-refractivity contribution < 1.29 is 12.9 Å². The van der Waals surface area contributed by atoms with Crippen LogP contribution in [0.2, 0.25) is 0 Å². The average molecular weight is 329 g/mol. The van der Waals surface area contributed by atoms with Crippen LogP contribution in [0.25, 0.3) is 0 Å². The van der Waals surface area contributed by atoms with E-state index in [1.54, 1.807) is 6.92 Å². The molecule has 0 spiro atoms. The summed E-state index contributed by atoms with van der Waals surface area (Å²) in [7, 11) is -3.52. The van der Waals surface area contributed by atoms with Crippen LogP contribution in [0.1, 0.15) is 45.2 Å². The van der Waals surface area contributed by atoms with Gasteiger partial charge in [0, 0.05) is 6.04 Å². The van der Waals surface area contributed by atoms with E-state index in [4.69, 9.17) is 4.52 Å². The van der Waals surface area contributed by atoms with Crippen molar-refractivity contribution in [3.8, 4) is 0 Å². The van der Waals surface area contributed by atoms with Crippen molar-refractivity contribution in [3.05, 3.63) is 12.0 Å². The molecule has 7 heteroatoms. The molecule has 2 rings (SSSR count). The Morgan fingerprint density at radius 1 is 1.41 bits per heavy atom. The molecular formula is C15H27N3O3S. The van der Waals surface area contributed by atoms with Gasteiger partial charge in [-0.15, -0.1) is 0 Å². The first-order valence-corrected chi connectivity index (χ1v) is 9.52. The van der Waals surface area contributed by atoms with Gasteiger partial charge in [-0.05, 0) is 58.2 Å². The standard InChI is InChI=1S/C15H27N3O3S/c1-12(2)5-4-8-18-9-6-14(7-10-18)17-22(19,20)15-11-21-16-13(15)3/h11-12,14,17H,4-10H2,1-3H3.